The zero-order chi connectivity index (χ0) is 22.7. The molecule has 0 saturated carbocycles. The molecule has 8 rings (SSSR count). The molecule has 34 heavy (non-hydrogen) atoms. The molecule has 8 nitrogen and oxygen atoms in total. The summed E-state index contributed by atoms with van der Waals surface area (Å²) in [6, 6.07) is 10.7. The number of imidazole rings is 1. The van der Waals surface area contributed by atoms with E-state index in [0.717, 1.165) is 71.0 Å². The van der Waals surface area contributed by atoms with Gasteiger partial charge in [-0.05, 0) is 42.3 Å². The van der Waals surface area contributed by atoms with Gasteiger partial charge in [-0.3, -0.25) is 14.4 Å². The number of aryl methyl sites for hydroxylation is 1. The predicted molar refractivity (Wildman–Crippen MR) is 128 cm³/mol. The first kappa shape index (κ1) is 18.7. The van der Waals surface area contributed by atoms with Crippen LogP contribution < -0.4 is 9.80 Å². The van der Waals surface area contributed by atoms with Gasteiger partial charge in [0.25, 0.3) is 5.91 Å². The lowest BCUT2D eigenvalue weighted by Gasteiger charge is -2.35. The van der Waals surface area contributed by atoms with E-state index in [1.54, 1.807) is 6.33 Å². The smallest absolute Gasteiger partial charge is 0.280 e. The van der Waals surface area contributed by atoms with Crippen molar-refractivity contribution < 1.29 is 9.53 Å². The summed E-state index contributed by atoms with van der Waals surface area (Å²) in [5.74, 6) is 1.19. The molecule has 2 fully saturated rings. The maximum atomic E-state index is 13.6. The van der Waals surface area contributed by atoms with Crippen LogP contribution in [-0.4, -0.2) is 52.0 Å². The molecule has 3 atom stereocenters. The second-order valence-corrected chi connectivity index (χ2v) is 10.0. The molecule has 2 aromatic carbocycles. The molecule has 4 aliphatic heterocycles. The highest BCUT2D eigenvalue weighted by molar-refractivity contribution is 6.17. The Morgan fingerprint density at radius 2 is 1.94 bits per heavy atom. The number of ether oxygens (including phenoxy) is 1. The second-order valence-electron chi connectivity index (χ2n) is 10.0. The molecule has 4 aliphatic rings. The lowest BCUT2D eigenvalue weighted by atomic mass is 9.85. The number of hydrogen-bond acceptors (Lipinski definition) is 5. The molecule has 1 N–H and O–H groups in total. The number of anilines is 2. The van der Waals surface area contributed by atoms with Crippen LogP contribution in [0.25, 0.3) is 22.2 Å². The van der Waals surface area contributed by atoms with Crippen LogP contribution in [0.3, 0.4) is 0 Å². The van der Waals surface area contributed by atoms with E-state index in [2.05, 4.69) is 44.2 Å². The number of nitrogens with one attached hydrogen (secondary N) is 1. The topological polar surface area (TPSA) is 79.3 Å². The van der Waals surface area contributed by atoms with Crippen molar-refractivity contribution in [3.8, 4) is 11.1 Å². The summed E-state index contributed by atoms with van der Waals surface area (Å²) in [7, 11) is 1.91. The third-order valence-electron chi connectivity index (χ3n) is 8.37. The van der Waals surface area contributed by atoms with Gasteiger partial charge in [-0.25, -0.2) is 4.98 Å². The van der Waals surface area contributed by atoms with Crippen LogP contribution in [0.2, 0.25) is 0 Å². The number of aromatic nitrogens is 4. The van der Waals surface area contributed by atoms with Crippen molar-refractivity contribution in [3.63, 3.8) is 0 Å². The van der Waals surface area contributed by atoms with E-state index in [4.69, 9.17) is 4.74 Å². The Morgan fingerprint density at radius 3 is 2.76 bits per heavy atom. The molecular weight excluding hydrogens is 428 g/mol. The molecule has 1 unspecified atom stereocenters. The molecule has 0 radical (unpaired) electrons. The number of carbonyl (C=O) groups is 1. The van der Waals surface area contributed by atoms with Crippen LogP contribution >= 0.6 is 0 Å². The van der Waals surface area contributed by atoms with E-state index in [0.29, 0.717) is 17.5 Å². The summed E-state index contributed by atoms with van der Waals surface area (Å²) >= 11 is 0. The van der Waals surface area contributed by atoms with Gasteiger partial charge in [-0.1, -0.05) is 6.07 Å². The Kier molecular flexibility index (Phi) is 3.45. The van der Waals surface area contributed by atoms with Gasteiger partial charge in [-0.2, -0.15) is 5.10 Å². The third-order valence-corrected chi connectivity index (χ3v) is 8.37. The van der Waals surface area contributed by atoms with Crippen molar-refractivity contribution >= 4 is 28.3 Å². The molecule has 1 amide bonds. The van der Waals surface area contributed by atoms with E-state index < -0.39 is 0 Å². The maximum Gasteiger partial charge on any atom is 0.280 e. The fourth-order valence-electron chi connectivity index (χ4n) is 6.57. The summed E-state index contributed by atoms with van der Waals surface area (Å²) in [6.07, 6.45) is 1.73. The zero-order valence-electron chi connectivity index (χ0n) is 19.1. The first-order chi connectivity index (χ1) is 16.6. The van der Waals surface area contributed by atoms with Gasteiger partial charge in [0, 0.05) is 54.5 Å². The first-order valence-electron chi connectivity index (χ1n) is 11.9. The Bertz CT molecular complexity index is 1520. The van der Waals surface area contributed by atoms with Gasteiger partial charge in [0.2, 0.25) is 0 Å². The highest BCUT2D eigenvalue weighted by Crippen LogP contribution is 2.54. The summed E-state index contributed by atoms with van der Waals surface area (Å²) in [5.41, 5.74) is 9.93. The van der Waals surface area contributed by atoms with Crippen molar-refractivity contribution in [1.29, 1.82) is 0 Å². The van der Waals surface area contributed by atoms with Gasteiger partial charge in [0.15, 0.2) is 5.69 Å². The number of amides is 1. The number of fused-ring (bicyclic) bond motifs is 11. The number of rotatable bonds is 1. The minimum absolute atomic E-state index is 0.0399. The van der Waals surface area contributed by atoms with Crippen molar-refractivity contribution in [3.05, 3.63) is 59.2 Å². The van der Waals surface area contributed by atoms with Crippen LogP contribution in [0, 0.1) is 18.8 Å². The highest BCUT2D eigenvalue weighted by Gasteiger charge is 2.48. The SMILES string of the molecule is Cc1c2c(nn1C)C(=O)N1c3ccc4[nH]cnc4c3-c3cc(N4C[C@H]5COC[C@H]5C4)ccc3C21. The quantitative estimate of drug-likeness (QED) is 0.479. The maximum absolute atomic E-state index is 13.6. The fraction of sp³-hybridized carbons (Fsp3) is 0.346. The normalized spacial score (nSPS) is 24.4. The predicted octanol–water partition coefficient (Wildman–Crippen LogP) is 3.42. The van der Waals surface area contributed by atoms with Crippen molar-refractivity contribution in [2.24, 2.45) is 18.9 Å². The molecule has 4 aromatic rings. The van der Waals surface area contributed by atoms with Crippen molar-refractivity contribution in [2.75, 3.05) is 36.1 Å². The van der Waals surface area contributed by atoms with E-state index >= 15 is 0 Å². The largest absolute Gasteiger partial charge is 0.381 e. The first-order valence-corrected chi connectivity index (χ1v) is 11.9. The molecule has 0 aliphatic carbocycles. The summed E-state index contributed by atoms with van der Waals surface area (Å²) in [6.45, 7) is 5.84. The standard InChI is InChI=1S/C26H24N6O2/c1-13-21-24(29-30(13)2)26(33)32-20-6-5-19-23(28-12-27-19)22(20)18-7-16(3-4-17(18)25(21)32)31-8-14-10-34-11-15(14)9-31/h3-7,12,14-15,25H,8-11H2,1-2H3,(H,27,28)/t14-,15+,25?. The molecule has 170 valence electrons. The Balaban J connectivity index is 1.37. The lowest BCUT2D eigenvalue weighted by molar-refractivity contribution is 0.0987. The molecule has 8 heteroatoms. The van der Waals surface area contributed by atoms with Gasteiger partial charge >= 0.3 is 0 Å². The molecule has 0 bridgehead atoms. The number of hydrogen-bond donors (Lipinski definition) is 1. The van der Waals surface area contributed by atoms with E-state index in [9.17, 15) is 4.79 Å². The van der Waals surface area contributed by atoms with Crippen molar-refractivity contribution in [1.82, 2.24) is 19.7 Å². The molecular formula is C26H24N6O2. The van der Waals surface area contributed by atoms with E-state index in [1.807, 2.05) is 29.6 Å². The van der Waals surface area contributed by atoms with Crippen LogP contribution in [0.15, 0.2) is 36.7 Å². The summed E-state index contributed by atoms with van der Waals surface area (Å²) in [4.78, 5) is 26.0. The van der Waals surface area contributed by atoms with Crippen LogP contribution in [0.1, 0.15) is 33.4 Å². The summed E-state index contributed by atoms with van der Waals surface area (Å²) in [5, 5.41) is 4.59. The third kappa shape index (κ3) is 2.19. The average Bonchev–Trinajstić information content (AvgIpc) is 3.63. The van der Waals surface area contributed by atoms with Gasteiger partial charge in [-0.15, -0.1) is 0 Å². The number of aromatic amines is 1. The van der Waals surface area contributed by atoms with E-state index in [-0.39, 0.29) is 11.9 Å². The molecule has 2 aromatic heterocycles. The monoisotopic (exact) mass is 452 g/mol. The fourth-order valence-corrected chi connectivity index (χ4v) is 6.57. The minimum Gasteiger partial charge on any atom is -0.381 e. The van der Waals surface area contributed by atoms with Gasteiger partial charge < -0.3 is 14.6 Å². The molecule has 2 saturated heterocycles. The average molecular weight is 453 g/mol. The lowest BCUT2D eigenvalue weighted by Crippen LogP contribution is -2.33. The summed E-state index contributed by atoms with van der Waals surface area (Å²) < 4.78 is 7.52. The van der Waals surface area contributed by atoms with Crippen LogP contribution in [0.5, 0.6) is 0 Å². The Hall–Kier alpha value is -3.65. The van der Waals surface area contributed by atoms with Crippen molar-refractivity contribution in [2.45, 2.75) is 13.0 Å². The number of benzene rings is 2. The second kappa shape index (κ2) is 6.27. The molecule has 6 heterocycles. The number of nitrogens with zero attached hydrogens (tertiary/aromatic N) is 5. The van der Waals surface area contributed by atoms with Crippen LogP contribution in [-0.2, 0) is 11.8 Å². The Morgan fingerprint density at radius 1 is 1.12 bits per heavy atom. The van der Waals surface area contributed by atoms with Crippen LogP contribution in [0.4, 0.5) is 11.4 Å². The van der Waals surface area contributed by atoms with Gasteiger partial charge in [0.05, 0.1) is 42.3 Å². The Labute approximate surface area is 196 Å². The van der Waals surface area contributed by atoms with E-state index in [1.165, 1.54) is 5.69 Å². The number of H-pyrrole nitrogens is 1. The number of carbonyl (C=O) groups excluding carboxylic acids is 1. The zero-order valence-corrected chi connectivity index (χ0v) is 19.1. The van der Waals surface area contributed by atoms with Gasteiger partial charge in [0.1, 0.15) is 0 Å². The minimum atomic E-state index is -0.171. The highest BCUT2D eigenvalue weighted by atomic mass is 16.5. The molecule has 0 spiro atoms.